The molecule has 1 aliphatic heterocycles. The number of carbonyl (C=O) groups excluding carboxylic acids is 1. The highest BCUT2D eigenvalue weighted by molar-refractivity contribution is 5.94. The monoisotopic (exact) mass is 398 g/mol. The number of aromatic nitrogens is 3. The highest BCUT2D eigenvalue weighted by atomic mass is 16.5. The van der Waals surface area contributed by atoms with E-state index >= 15 is 0 Å². The molecule has 0 N–H and O–H groups in total. The van der Waals surface area contributed by atoms with Gasteiger partial charge in [-0.15, -0.1) is 0 Å². The van der Waals surface area contributed by atoms with E-state index in [-0.39, 0.29) is 12.0 Å². The van der Waals surface area contributed by atoms with Crippen molar-refractivity contribution in [3.8, 4) is 11.6 Å². The van der Waals surface area contributed by atoms with Crippen molar-refractivity contribution < 1.29 is 9.53 Å². The van der Waals surface area contributed by atoms with Gasteiger partial charge in [0.2, 0.25) is 5.88 Å². The van der Waals surface area contributed by atoms with Gasteiger partial charge in [0.05, 0.1) is 17.2 Å². The van der Waals surface area contributed by atoms with Gasteiger partial charge in [-0.2, -0.15) is 0 Å². The number of benzene rings is 2. The maximum atomic E-state index is 12.9. The van der Waals surface area contributed by atoms with E-state index in [0.29, 0.717) is 24.5 Å². The Morgan fingerprint density at radius 1 is 0.900 bits per heavy atom. The number of hydrogen-bond donors (Lipinski definition) is 0. The first kappa shape index (κ1) is 18.4. The van der Waals surface area contributed by atoms with Crippen LogP contribution in [0.1, 0.15) is 23.2 Å². The summed E-state index contributed by atoms with van der Waals surface area (Å²) in [7, 11) is 0. The Labute approximate surface area is 174 Å². The average molecular weight is 398 g/mol. The van der Waals surface area contributed by atoms with E-state index in [1.165, 1.54) is 0 Å². The van der Waals surface area contributed by atoms with Crippen LogP contribution in [0, 0.1) is 0 Å². The molecule has 0 aliphatic carbocycles. The number of para-hydroxylation sites is 2. The van der Waals surface area contributed by atoms with E-state index < -0.39 is 0 Å². The first-order valence-electron chi connectivity index (χ1n) is 10.2. The van der Waals surface area contributed by atoms with Crippen molar-refractivity contribution in [3.05, 3.63) is 84.8 Å². The Morgan fingerprint density at radius 3 is 2.33 bits per heavy atom. The average Bonchev–Trinajstić information content (AvgIpc) is 3.34. The van der Waals surface area contributed by atoms with Crippen LogP contribution in [0.15, 0.2) is 79.3 Å². The second kappa shape index (κ2) is 7.99. The number of nitrogens with zero attached hydrogens (tertiary/aromatic N) is 4. The fourth-order valence-electron chi connectivity index (χ4n) is 3.81. The predicted molar refractivity (Wildman–Crippen MR) is 115 cm³/mol. The summed E-state index contributed by atoms with van der Waals surface area (Å²) in [5, 5.41) is 0. The number of rotatable bonds is 4. The summed E-state index contributed by atoms with van der Waals surface area (Å²) >= 11 is 0. The van der Waals surface area contributed by atoms with E-state index in [4.69, 9.17) is 4.74 Å². The van der Waals surface area contributed by atoms with Gasteiger partial charge in [-0.05, 0) is 48.5 Å². The van der Waals surface area contributed by atoms with Gasteiger partial charge in [0.15, 0.2) is 0 Å². The van der Waals surface area contributed by atoms with Crippen LogP contribution in [-0.2, 0) is 0 Å². The van der Waals surface area contributed by atoms with Gasteiger partial charge in [0.1, 0.15) is 6.10 Å². The molecule has 1 amide bonds. The Hall–Kier alpha value is -3.67. The van der Waals surface area contributed by atoms with E-state index in [9.17, 15) is 4.79 Å². The minimum absolute atomic E-state index is 0.0422. The standard InChI is InChI=1S/C24H22N4O2/c29-24(18-7-9-19(10-8-18)27-13-3-4-14-27)28-15-11-20(12-16-28)30-23-17-25-21-5-1-2-6-22(21)26-23/h1-10,13-14,17,20H,11-12,15-16H2. The van der Waals surface area contributed by atoms with Crippen molar-refractivity contribution in [1.29, 1.82) is 0 Å². The Balaban J connectivity index is 1.19. The maximum Gasteiger partial charge on any atom is 0.253 e. The van der Waals surface area contributed by atoms with Crippen LogP contribution in [-0.4, -0.2) is 44.5 Å². The molecule has 1 fully saturated rings. The molecule has 1 aliphatic rings. The molecule has 6 nitrogen and oxygen atoms in total. The zero-order valence-corrected chi connectivity index (χ0v) is 16.5. The number of likely N-dealkylation sites (tertiary alicyclic amines) is 1. The molecule has 30 heavy (non-hydrogen) atoms. The molecule has 0 unspecified atom stereocenters. The zero-order valence-electron chi connectivity index (χ0n) is 16.5. The number of hydrogen-bond acceptors (Lipinski definition) is 4. The summed E-state index contributed by atoms with van der Waals surface area (Å²) in [5.41, 5.74) is 3.44. The SMILES string of the molecule is O=C(c1ccc(-n2cccc2)cc1)N1CCC(Oc2cnc3ccccc3n2)CC1. The first-order chi connectivity index (χ1) is 14.8. The number of amides is 1. The third-order valence-electron chi connectivity index (χ3n) is 5.46. The van der Waals surface area contributed by atoms with E-state index in [0.717, 1.165) is 29.6 Å². The summed E-state index contributed by atoms with van der Waals surface area (Å²) in [6, 6.07) is 19.4. The molecule has 4 aromatic rings. The predicted octanol–water partition coefficient (Wildman–Crippen LogP) is 4.10. The zero-order chi connectivity index (χ0) is 20.3. The fraction of sp³-hybridized carbons (Fsp3) is 0.208. The number of fused-ring (bicyclic) bond motifs is 1. The molecule has 150 valence electrons. The third kappa shape index (κ3) is 3.76. The van der Waals surface area contributed by atoms with Crippen molar-refractivity contribution in [2.45, 2.75) is 18.9 Å². The van der Waals surface area contributed by atoms with Gasteiger partial charge >= 0.3 is 0 Å². The highest BCUT2D eigenvalue weighted by Gasteiger charge is 2.25. The molecule has 0 spiro atoms. The molecular weight excluding hydrogens is 376 g/mol. The van der Waals surface area contributed by atoms with Crippen LogP contribution >= 0.6 is 0 Å². The Bertz CT molecular complexity index is 1150. The fourth-order valence-corrected chi connectivity index (χ4v) is 3.81. The lowest BCUT2D eigenvalue weighted by Gasteiger charge is -2.32. The number of carbonyl (C=O) groups is 1. The lowest BCUT2D eigenvalue weighted by Crippen LogP contribution is -2.41. The molecule has 0 saturated carbocycles. The summed E-state index contributed by atoms with van der Waals surface area (Å²) in [6.07, 6.45) is 7.25. The molecule has 5 rings (SSSR count). The van der Waals surface area contributed by atoms with Crippen molar-refractivity contribution in [2.75, 3.05) is 13.1 Å². The Kier molecular flexibility index (Phi) is 4.89. The molecule has 2 aromatic carbocycles. The summed E-state index contributed by atoms with van der Waals surface area (Å²) < 4.78 is 8.06. The topological polar surface area (TPSA) is 60.2 Å². The van der Waals surface area contributed by atoms with Gasteiger partial charge in [0.25, 0.3) is 5.91 Å². The van der Waals surface area contributed by atoms with Crippen molar-refractivity contribution in [2.24, 2.45) is 0 Å². The van der Waals surface area contributed by atoms with Gasteiger partial charge in [-0.1, -0.05) is 12.1 Å². The van der Waals surface area contributed by atoms with Crippen molar-refractivity contribution in [3.63, 3.8) is 0 Å². The van der Waals surface area contributed by atoms with Crippen molar-refractivity contribution >= 4 is 16.9 Å². The normalized spacial score (nSPS) is 14.7. The van der Waals surface area contributed by atoms with E-state index in [2.05, 4.69) is 9.97 Å². The van der Waals surface area contributed by atoms with Crippen molar-refractivity contribution in [1.82, 2.24) is 19.4 Å². The van der Waals surface area contributed by atoms with Crippen LogP contribution in [0.25, 0.3) is 16.7 Å². The van der Waals surface area contributed by atoms with Gasteiger partial charge < -0.3 is 14.2 Å². The minimum Gasteiger partial charge on any atom is -0.473 e. The quantitative estimate of drug-likeness (QED) is 0.519. The highest BCUT2D eigenvalue weighted by Crippen LogP contribution is 2.21. The minimum atomic E-state index is 0.0422. The van der Waals surface area contributed by atoms with Crippen LogP contribution in [0.3, 0.4) is 0 Å². The van der Waals surface area contributed by atoms with Crippen LogP contribution < -0.4 is 4.74 Å². The van der Waals surface area contributed by atoms with Gasteiger partial charge in [-0.3, -0.25) is 4.79 Å². The molecular formula is C24H22N4O2. The largest absolute Gasteiger partial charge is 0.473 e. The second-order valence-electron chi connectivity index (χ2n) is 7.44. The Morgan fingerprint density at radius 2 is 1.60 bits per heavy atom. The molecule has 6 heteroatoms. The van der Waals surface area contributed by atoms with Crippen LogP contribution in [0.2, 0.25) is 0 Å². The molecule has 2 aromatic heterocycles. The molecule has 3 heterocycles. The second-order valence-corrected chi connectivity index (χ2v) is 7.44. The van der Waals surface area contributed by atoms with Crippen LogP contribution in [0.5, 0.6) is 5.88 Å². The third-order valence-corrected chi connectivity index (χ3v) is 5.46. The summed E-state index contributed by atoms with van der Waals surface area (Å²) in [4.78, 5) is 23.7. The number of ether oxygens (including phenoxy) is 1. The van der Waals surface area contributed by atoms with Gasteiger partial charge in [-0.25, -0.2) is 9.97 Å². The molecule has 1 saturated heterocycles. The number of piperidine rings is 1. The molecule has 0 bridgehead atoms. The van der Waals surface area contributed by atoms with Crippen LogP contribution in [0.4, 0.5) is 0 Å². The van der Waals surface area contributed by atoms with E-state index in [1.54, 1.807) is 6.20 Å². The lowest BCUT2D eigenvalue weighted by atomic mass is 10.1. The van der Waals surface area contributed by atoms with E-state index in [1.807, 2.05) is 82.5 Å². The molecule has 0 atom stereocenters. The smallest absolute Gasteiger partial charge is 0.253 e. The summed E-state index contributed by atoms with van der Waals surface area (Å²) in [6.45, 7) is 1.34. The van der Waals surface area contributed by atoms with Gasteiger partial charge in [0, 0.05) is 49.6 Å². The molecule has 0 radical (unpaired) electrons. The first-order valence-corrected chi connectivity index (χ1v) is 10.2. The maximum absolute atomic E-state index is 12.9. The summed E-state index contributed by atoms with van der Waals surface area (Å²) in [5.74, 6) is 0.608. The lowest BCUT2D eigenvalue weighted by molar-refractivity contribution is 0.0588.